The predicted molar refractivity (Wildman–Crippen MR) is 151 cm³/mol. The van der Waals surface area contributed by atoms with Crippen molar-refractivity contribution in [3.8, 4) is 0 Å². The fourth-order valence-electron chi connectivity index (χ4n) is 4.12. The third-order valence-electron chi connectivity index (χ3n) is 5.76. The van der Waals surface area contributed by atoms with Crippen molar-refractivity contribution in [2.45, 2.75) is 43.5 Å². The van der Waals surface area contributed by atoms with Crippen molar-refractivity contribution < 1.29 is 14.7 Å². The van der Waals surface area contributed by atoms with Crippen LogP contribution in [0.1, 0.15) is 58.5 Å². The molecule has 4 rings (SSSR count). The van der Waals surface area contributed by atoms with Crippen molar-refractivity contribution in [3.05, 3.63) is 63.8 Å². The Bertz CT molecular complexity index is 1070. The molecule has 0 saturated heterocycles. The minimum atomic E-state index is 0.597. The fourth-order valence-corrected chi connectivity index (χ4v) is 5.99. The van der Waals surface area contributed by atoms with Gasteiger partial charge in [-0.05, 0) is 63.7 Å². The Morgan fingerprint density at radius 3 is 2.20 bits per heavy atom. The Balaban J connectivity index is 0.000000655. The molecule has 0 amide bonds. The first kappa shape index (κ1) is 29.3. The lowest BCUT2D eigenvalue weighted by Gasteiger charge is -2.21. The molecule has 1 fully saturated rings. The molecule has 1 N–H and O–H groups in total. The summed E-state index contributed by atoms with van der Waals surface area (Å²) in [7, 11) is 7.00. The number of halogens is 1. The molecule has 35 heavy (non-hydrogen) atoms. The third-order valence-corrected chi connectivity index (χ3v) is 7.63. The third kappa shape index (κ3) is 8.90. The fraction of sp³-hybridized carbons (Fsp3) is 0.429. The van der Waals surface area contributed by atoms with Crippen LogP contribution in [0, 0.1) is 5.92 Å². The molecule has 1 saturated carbocycles. The summed E-state index contributed by atoms with van der Waals surface area (Å²) < 4.78 is 3.09. The van der Waals surface area contributed by atoms with Crippen LogP contribution in [0.15, 0.2) is 51.8 Å². The Morgan fingerprint density at radius 1 is 1.00 bits per heavy atom. The standard InChI is InChI=1S/C24H24BrNO2S.C3H9N.CH4O/c25-23-11-21(29-16-19-4-2-1-3-5-19)12-24-22(23)10-20(15-28)26(24)13-17-6-8-18(14-27)9-7-17;1-4(2)3;1-2/h6-12,14-15,19H,1-5,13,16H2;1-3H3;2H,1H3. The van der Waals surface area contributed by atoms with E-state index < -0.39 is 0 Å². The molecule has 1 aromatic heterocycles. The number of aliphatic hydroxyl groups is 1. The van der Waals surface area contributed by atoms with E-state index >= 15 is 0 Å². The van der Waals surface area contributed by atoms with E-state index in [-0.39, 0.29) is 0 Å². The number of rotatable bonds is 7. The van der Waals surface area contributed by atoms with Crippen molar-refractivity contribution in [1.29, 1.82) is 0 Å². The maximum Gasteiger partial charge on any atom is 0.166 e. The highest BCUT2D eigenvalue weighted by atomic mass is 79.9. The van der Waals surface area contributed by atoms with Crippen LogP contribution in [0.5, 0.6) is 0 Å². The van der Waals surface area contributed by atoms with Gasteiger partial charge in [-0.15, -0.1) is 11.8 Å². The minimum Gasteiger partial charge on any atom is -0.400 e. The summed E-state index contributed by atoms with van der Waals surface area (Å²) in [4.78, 5) is 25.9. The summed E-state index contributed by atoms with van der Waals surface area (Å²) in [6, 6.07) is 13.9. The highest BCUT2D eigenvalue weighted by molar-refractivity contribution is 9.10. The molecule has 0 aliphatic heterocycles. The molecule has 190 valence electrons. The monoisotopic (exact) mass is 560 g/mol. The molecule has 0 spiro atoms. The van der Waals surface area contributed by atoms with Crippen LogP contribution >= 0.6 is 27.7 Å². The van der Waals surface area contributed by atoms with Crippen molar-refractivity contribution >= 4 is 51.2 Å². The zero-order valence-electron chi connectivity index (χ0n) is 21.2. The average molecular weight is 562 g/mol. The zero-order chi connectivity index (χ0) is 25.8. The van der Waals surface area contributed by atoms with Gasteiger partial charge in [-0.25, -0.2) is 0 Å². The smallest absolute Gasteiger partial charge is 0.166 e. The van der Waals surface area contributed by atoms with E-state index in [0.717, 1.165) is 52.3 Å². The quantitative estimate of drug-likeness (QED) is 0.262. The summed E-state index contributed by atoms with van der Waals surface area (Å²) in [6.45, 7) is 0.597. The van der Waals surface area contributed by atoms with E-state index in [1.165, 1.54) is 37.0 Å². The lowest BCUT2D eigenvalue weighted by Crippen LogP contribution is -2.08. The molecular weight excluding hydrogens is 524 g/mol. The molecular formula is C28H37BrN2O3S. The SMILES string of the molecule is CN(C)C.CO.O=Cc1ccc(Cn2c(C=O)cc3c(Br)cc(SCC4CCCCC4)cc32)cc1. The van der Waals surface area contributed by atoms with Gasteiger partial charge in [-0.2, -0.15) is 0 Å². The van der Waals surface area contributed by atoms with Crippen LogP contribution in [-0.4, -0.2) is 61.2 Å². The number of aromatic nitrogens is 1. The van der Waals surface area contributed by atoms with Crippen LogP contribution in [0.25, 0.3) is 10.9 Å². The van der Waals surface area contributed by atoms with E-state index in [1.54, 1.807) is 0 Å². The highest BCUT2D eigenvalue weighted by Gasteiger charge is 2.16. The molecule has 2 aromatic carbocycles. The second-order valence-electron chi connectivity index (χ2n) is 9.13. The molecule has 1 heterocycles. The number of benzene rings is 2. The molecule has 0 atom stereocenters. The van der Waals surface area contributed by atoms with Gasteiger partial charge >= 0.3 is 0 Å². The Labute approximate surface area is 222 Å². The summed E-state index contributed by atoms with van der Waals surface area (Å²) in [5.74, 6) is 1.98. The Kier molecular flexibility index (Phi) is 12.8. The lowest BCUT2D eigenvalue weighted by molar-refractivity contribution is 0.111. The van der Waals surface area contributed by atoms with E-state index in [0.29, 0.717) is 17.8 Å². The van der Waals surface area contributed by atoms with Crippen LogP contribution in [0.4, 0.5) is 0 Å². The van der Waals surface area contributed by atoms with Gasteiger partial charge in [-0.3, -0.25) is 9.59 Å². The molecule has 5 nitrogen and oxygen atoms in total. The number of thioether (sulfide) groups is 1. The minimum absolute atomic E-state index is 0.597. The van der Waals surface area contributed by atoms with Crippen molar-refractivity contribution in [2.24, 2.45) is 5.92 Å². The van der Waals surface area contributed by atoms with E-state index in [9.17, 15) is 9.59 Å². The zero-order valence-corrected chi connectivity index (χ0v) is 23.6. The van der Waals surface area contributed by atoms with Gasteiger partial charge in [0.2, 0.25) is 0 Å². The number of carbonyl (C=O) groups is 2. The van der Waals surface area contributed by atoms with Gasteiger partial charge in [0.25, 0.3) is 0 Å². The van der Waals surface area contributed by atoms with Gasteiger partial charge in [-0.1, -0.05) is 59.5 Å². The number of nitrogens with zero attached hydrogens (tertiary/aromatic N) is 2. The van der Waals surface area contributed by atoms with Crippen LogP contribution in [0.2, 0.25) is 0 Å². The van der Waals surface area contributed by atoms with E-state index in [2.05, 4.69) is 32.6 Å². The summed E-state index contributed by atoms with van der Waals surface area (Å²) >= 11 is 5.64. The molecule has 0 bridgehead atoms. The Hall–Kier alpha value is -1.93. The van der Waals surface area contributed by atoms with E-state index in [4.69, 9.17) is 5.11 Å². The van der Waals surface area contributed by atoms with Crippen molar-refractivity contribution in [3.63, 3.8) is 0 Å². The summed E-state index contributed by atoms with van der Waals surface area (Å²) in [6.07, 6.45) is 8.57. The average Bonchev–Trinajstić information content (AvgIpc) is 3.22. The topological polar surface area (TPSA) is 62.5 Å². The number of fused-ring (bicyclic) bond motifs is 1. The summed E-state index contributed by atoms with van der Waals surface area (Å²) in [5, 5.41) is 8.05. The van der Waals surface area contributed by atoms with Crippen LogP contribution < -0.4 is 0 Å². The van der Waals surface area contributed by atoms with Gasteiger partial charge in [0.1, 0.15) is 6.29 Å². The maximum absolute atomic E-state index is 11.7. The van der Waals surface area contributed by atoms with Gasteiger partial charge < -0.3 is 14.6 Å². The lowest BCUT2D eigenvalue weighted by atomic mass is 9.91. The first-order valence-electron chi connectivity index (χ1n) is 11.9. The number of carbonyl (C=O) groups excluding carboxylic acids is 2. The van der Waals surface area contributed by atoms with Crippen LogP contribution in [0.3, 0.4) is 0 Å². The molecule has 3 aromatic rings. The normalized spacial score (nSPS) is 13.6. The number of hydrogen-bond acceptors (Lipinski definition) is 5. The van der Waals surface area contributed by atoms with Crippen molar-refractivity contribution in [2.75, 3.05) is 34.0 Å². The van der Waals surface area contributed by atoms with Gasteiger partial charge in [0, 0.05) is 39.7 Å². The molecule has 7 heteroatoms. The van der Waals surface area contributed by atoms with Crippen molar-refractivity contribution in [1.82, 2.24) is 9.47 Å². The first-order valence-corrected chi connectivity index (χ1v) is 13.7. The molecule has 1 aliphatic rings. The summed E-state index contributed by atoms with van der Waals surface area (Å²) in [5.41, 5.74) is 3.44. The number of hydrogen-bond donors (Lipinski definition) is 1. The highest BCUT2D eigenvalue weighted by Crippen LogP contribution is 2.35. The van der Waals surface area contributed by atoms with Gasteiger partial charge in [0.15, 0.2) is 6.29 Å². The molecule has 0 radical (unpaired) electrons. The molecule has 1 aliphatic carbocycles. The second-order valence-corrected chi connectivity index (χ2v) is 11.1. The second kappa shape index (κ2) is 15.2. The maximum atomic E-state index is 11.7. The van der Waals surface area contributed by atoms with Crippen LogP contribution in [-0.2, 0) is 6.54 Å². The van der Waals surface area contributed by atoms with E-state index in [1.807, 2.05) is 68.1 Å². The number of aliphatic hydroxyl groups excluding tert-OH is 1. The number of aldehydes is 2. The van der Waals surface area contributed by atoms with Gasteiger partial charge in [0.05, 0.1) is 11.2 Å². The predicted octanol–water partition coefficient (Wildman–Crippen LogP) is 6.54. The largest absolute Gasteiger partial charge is 0.400 e. The Morgan fingerprint density at radius 2 is 1.63 bits per heavy atom. The molecule has 0 unspecified atom stereocenters. The first-order chi connectivity index (χ1) is 16.9.